The van der Waals surface area contributed by atoms with E-state index in [4.69, 9.17) is 0 Å². The van der Waals surface area contributed by atoms with Crippen molar-refractivity contribution < 1.29 is 0 Å². The maximum Gasteiger partial charge on any atom is 0.0621 e. The largest absolute Gasteiger partial charge is 0.297 e. The zero-order valence-corrected chi connectivity index (χ0v) is 10.3. The van der Waals surface area contributed by atoms with Crippen LogP contribution >= 0.6 is 11.8 Å². The van der Waals surface area contributed by atoms with Gasteiger partial charge in [-0.1, -0.05) is 26.2 Å². The molecule has 0 amide bonds. The average Bonchev–Trinajstić information content (AvgIpc) is 2.27. The first-order valence-electron chi connectivity index (χ1n) is 5.41. The van der Waals surface area contributed by atoms with Crippen LogP contribution < -0.4 is 5.32 Å². The zero-order valence-electron chi connectivity index (χ0n) is 9.44. The van der Waals surface area contributed by atoms with Crippen molar-refractivity contribution in [2.45, 2.75) is 63.8 Å². The molecule has 1 aliphatic heterocycles. The van der Waals surface area contributed by atoms with E-state index in [1.54, 1.807) is 0 Å². The Kier molecular flexibility index (Phi) is 3.70. The number of unbranched alkanes of at least 4 members (excludes halogenated alkanes) is 2. The summed E-state index contributed by atoms with van der Waals surface area (Å²) in [6, 6.07) is 0. The second kappa shape index (κ2) is 4.22. The van der Waals surface area contributed by atoms with Gasteiger partial charge in [0, 0.05) is 11.3 Å². The van der Waals surface area contributed by atoms with Crippen molar-refractivity contribution in [3.8, 4) is 0 Å². The van der Waals surface area contributed by atoms with Crippen LogP contribution in [0, 0.1) is 0 Å². The summed E-state index contributed by atoms with van der Waals surface area (Å²) in [6.07, 6.45) is 5.38. The SMILES string of the molecule is CCCCCC1(C)NC(C)(C)CS1. The number of thioether (sulfide) groups is 1. The molecule has 0 aromatic heterocycles. The molecular formula is C11H23NS. The zero-order chi connectivity index (χ0) is 9.95. The summed E-state index contributed by atoms with van der Waals surface area (Å²) in [6.45, 7) is 9.21. The van der Waals surface area contributed by atoms with Gasteiger partial charge in [-0.05, 0) is 27.2 Å². The van der Waals surface area contributed by atoms with E-state index in [0.717, 1.165) is 0 Å². The second-order valence-corrected chi connectivity index (χ2v) is 6.46. The predicted molar refractivity (Wildman–Crippen MR) is 62.2 cm³/mol. The normalized spacial score (nSPS) is 32.3. The molecule has 1 N–H and O–H groups in total. The van der Waals surface area contributed by atoms with Crippen LogP contribution in [0.5, 0.6) is 0 Å². The van der Waals surface area contributed by atoms with Crippen LogP contribution in [0.3, 0.4) is 0 Å². The van der Waals surface area contributed by atoms with Gasteiger partial charge in [-0.25, -0.2) is 0 Å². The molecule has 0 spiro atoms. The molecule has 1 fully saturated rings. The van der Waals surface area contributed by atoms with E-state index < -0.39 is 0 Å². The first kappa shape index (κ1) is 11.4. The standard InChI is InChI=1S/C11H23NS/c1-5-6-7-8-11(4)12-10(2,3)9-13-11/h12H,5-9H2,1-4H3. The van der Waals surface area contributed by atoms with Gasteiger partial charge in [-0.3, -0.25) is 5.32 Å². The van der Waals surface area contributed by atoms with Crippen LogP contribution in [-0.2, 0) is 0 Å². The molecular weight excluding hydrogens is 178 g/mol. The Labute approximate surface area is 87.1 Å². The Bertz CT molecular complexity index is 167. The summed E-state index contributed by atoms with van der Waals surface area (Å²) in [5, 5.41) is 3.73. The quantitative estimate of drug-likeness (QED) is 0.700. The molecule has 0 saturated carbocycles. The summed E-state index contributed by atoms with van der Waals surface area (Å²) in [4.78, 5) is 0.346. The van der Waals surface area contributed by atoms with Gasteiger partial charge in [-0.2, -0.15) is 0 Å². The lowest BCUT2D eigenvalue weighted by atomic mass is 10.0. The Morgan fingerprint density at radius 1 is 1.23 bits per heavy atom. The minimum absolute atomic E-state index is 0.339. The minimum atomic E-state index is 0.339. The van der Waals surface area contributed by atoms with Crippen molar-refractivity contribution >= 4 is 11.8 Å². The maximum absolute atomic E-state index is 3.73. The molecule has 0 aliphatic carbocycles. The molecule has 0 aromatic carbocycles. The van der Waals surface area contributed by atoms with Gasteiger partial charge >= 0.3 is 0 Å². The molecule has 0 aromatic rings. The molecule has 1 heterocycles. The summed E-state index contributed by atoms with van der Waals surface area (Å²) in [5.74, 6) is 1.25. The number of hydrogen-bond donors (Lipinski definition) is 1. The highest BCUT2D eigenvalue weighted by molar-refractivity contribution is 8.00. The molecule has 78 valence electrons. The van der Waals surface area contributed by atoms with Gasteiger partial charge in [0.2, 0.25) is 0 Å². The molecule has 1 aliphatic rings. The van der Waals surface area contributed by atoms with Crippen molar-refractivity contribution in [3.63, 3.8) is 0 Å². The highest BCUT2D eigenvalue weighted by Crippen LogP contribution is 2.38. The fourth-order valence-corrected chi connectivity index (χ4v) is 3.36. The van der Waals surface area contributed by atoms with Gasteiger partial charge in [0.05, 0.1) is 4.87 Å². The highest BCUT2D eigenvalue weighted by atomic mass is 32.2. The van der Waals surface area contributed by atoms with E-state index in [9.17, 15) is 0 Å². The van der Waals surface area contributed by atoms with Crippen molar-refractivity contribution in [1.82, 2.24) is 5.32 Å². The lowest BCUT2D eigenvalue weighted by Gasteiger charge is -2.27. The molecule has 0 bridgehead atoms. The van der Waals surface area contributed by atoms with Gasteiger partial charge in [0.15, 0.2) is 0 Å². The van der Waals surface area contributed by atoms with Crippen LogP contribution in [-0.4, -0.2) is 16.2 Å². The Balaban J connectivity index is 2.32. The van der Waals surface area contributed by atoms with Crippen molar-refractivity contribution in [3.05, 3.63) is 0 Å². The molecule has 1 atom stereocenters. The summed E-state index contributed by atoms with van der Waals surface area (Å²) in [7, 11) is 0. The van der Waals surface area contributed by atoms with E-state index >= 15 is 0 Å². The van der Waals surface area contributed by atoms with Crippen LogP contribution in [0.25, 0.3) is 0 Å². The van der Waals surface area contributed by atoms with Crippen molar-refractivity contribution in [2.75, 3.05) is 5.75 Å². The Morgan fingerprint density at radius 2 is 1.92 bits per heavy atom. The molecule has 2 heteroatoms. The summed E-state index contributed by atoms with van der Waals surface area (Å²) < 4.78 is 0. The Morgan fingerprint density at radius 3 is 2.38 bits per heavy atom. The second-order valence-electron chi connectivity index (χ2n) is 4.99. The van der Waals surface area contributed by atoms with Gasteiger partial charge in [-0.15, -0.1) is 11.8 Å². The van der Waals surface area contributed by atoms with E-state index in [0.29, 0.717) is 10.4 Å². The van der Waals surface area contributed by atoms with E-state index in [2.05, 4.69) is 44.8 Å². The van der Waals surface area contributed by atoms with Crippen LogP contribution in [0.4, 0.5) is 0 Å². The number of nitrogens with one attached hydrogen (secondary N) is 1. The first-order valence-corrected chi connectivity index (χ1v) is 6.39. The number of rotatable bonds is 4. The lowest BCUT2D eigenvalue weighted by Crippen LogP contribution is -2.45. The fourth-order valence-electron chi connectivity index (χ4n) is 1.97. The minimum Gasteiger partial charge on any atom is -0.297 e. The molecule has 1 nitrogen and oxygen atoms in total. The third kappa shape index (κ3) is 3.51. The molecule has 1 unspecified atom stereocenters. The fraction of sp³-hybridized carbons (Fsp3) is 1.00. The lowest BCUT2D eigenvalue weighted by molar-refractivity contribution is 0.359. The predicted octanol–water partition coefficient (Wildman–Crippen LogP) is 3.40. The van der Waals surface area contributed by atoms with Gasteiger partial charge in [0.25, 0.3) is 0 Å². The molecule has 13 heavy (non-hydrogen) atoms. The third-order valence-electron chi connectivity index (χ3n) is 2.61. The van der Waals surface area contributed by atoms with Crippen LogP contribution in [0.1, 0.15) is 53.4 Å². The summed E-state index contributed by atoms with van der Waals surface area (Å²) >= 11 is 2.09. The molecule has 1 saturated heterocycles. The van der Waals surface area contributed by atoms with E-state index in [-0.39, 0.29) is 0 Å². The Hall–Kier alpha value is 0.310. The van der Waals surface area contributed by atoms with E-state index in [1.165, 1.54) is 31.4 Å². The third-order valence-corrected chi connectivity index (χ3v) is 4.42. The maximum atomic E-state index is 3.73. The first-order chi connectivity index (χ1) is 5.97. The van der Waals surface area contributed by atoms with Crippen molar-refractivity contribution in [2.24, 2.45) is 0 Å². The average molecular weight is 201 g/mol. The van der Waals surface area contributed by atoms with Crippen LogP contribution in [0.15, 0.2) is 0 Å². The van der Waals surface area contributed by atoms with Gasteiger partial charge < -0.3 is 0 Å². The monoisotopic (exact) mass is 201 g/mol. The van der Waals surface area contributed by atoms with Crippen molar-refractivity contribution in [1.29, 1.82) is 0 Å². The number of hydrogen-bond acceptors (Lipinski definition) is 2. The topological polar surface area (TPSA) is 12.0 Å². The summed E-state index contributed by atoms with van der Waals surface area (Å²) in [5.41, 5.74) is 0.339. The molecule has 0 radical (unpaired) electrons. The smallest absolute Gasteiger partial charge is 0.0621 e. The molecule has 1 rings (SSSR count). The van der Waals surface area contributed by atoms with E-state index in [1.807, 2.05) is 0 Å². The van der Waals surface area contributed by atoms with Gasteiger partial charge in [0.1, 0.15) is 0 Å². The van der Waals surface area contributed by atoms with Crippen LogP contribution in [0.2, 0.25) is 0 Å². The highest BCUT2D eigenvalue weighted by Gasteiger charge is 2.38.